The number of benzene rings is 3. The number of alkyl halides is 3. The molecular formula is C27H17F3N2O3. The number of aromatic nitrogens is 2. The first kappa shape index (κ1) is 21.2. The summed E-state index contributed by atoms with van der Waals surface area (Å²) in [7, 11) is 0. The van der Waals surface area contributed by atoms with Gasteiger partial charge in [-0.1, -0.05) is 30.3 Å². The SMILES string of the molecule is O=C(Oc1ccc2ccccc2c1)c1ccc(-n2nc(C(F)(F)F)c3c2-c2ccoc2CC3)cc1. The van der Waals surface area contributed by atoms with E-state index >= 15 is 0 Å². The Morgan fingerprint density at radius 1 is 0.943 bits per heavy atom. The summed E-state index contributed by atoms with van der Waals surface area (Å²) in [6.45, 7) is 0. The number of furan rings is 1. The van der Waals surface area contributed by atoms with Crippen LogP contribution in [0.15, 0.2) is 83.5 Å². The fraction of sp³-hybridized carbons (Fsp3) is 0.111. The minimum Gasteiger partial charge on any atom is -0.469 e. The Labute approximate surface area is 197 Å². The van der Waals surface area contributed by atoms with Crippen LogP contribution in [0.4, 0.5) is 13.2 Å². The standard InChI is InChI=1S/C27H17F3N2O3/c28-27(29,30)25-22-11-12-23-21(13-14-34-23)24(22)32(31-25)19-8-5-17(6-9-19)26(33)35-20-10-7-16-3-1-2-4-18(16)15-20/h1-10,13-15H,11-12H2. The first-order chi connectivity index (χ1) is 16.9. The third-order valence-electron chi connectivity index (χ3n) is 6.13. The summed E-state index contributed by atoms with van der Waals surface area (Å²) < 4.78 is 53.4. The van der Waals surface area contributed by atoms with Gasteiger partial charge in [-0.05, 0) is 59.7 Å². The summed E-state index contributed by atoms with van der Waals surface area (Å²) in [6.07, 6.45) is -2.55. The van der Waals surface area contributed by atoms with E-state index in [-0.39, 0.29) is 17.5 Å². The van der Waals surface area contributed by atoms with E-state index in [2.05, 4.69) is 5.10 Å². The Morgan fingerprint density at radius 3 is 2.49 bits per heavy atom. The third-order valence-corrected chi connectivity index (χ3v) is 6.13. The van der Waals surface area contributed by atoms with Crippen LogP contribution in [-0.2, 0) is 19.0 Å². The molecule has 0 fully saturated rings. The lowest BCUT2D eigenvalue weighted by atomic mass is 9.94. The molecule has 0 amide bonds. The number of hydrogen-bond donors (Lipinski definition) is 0. The minimum atomic E-state index is -4.58. The van der Waals surface area contributed by atoms with E-state index in [0.29, 0.717) is 34.9 Å². The second-order valence-corrected chi connectivity index (χ2v) is 8.29. The van der Waals surface area contributed by atoms with Crippen LogP contribution in [-0.4, -0.2) is 15.7 Å². The number of ether oxygens (including phenoxy) is 1. The Kier molecular flexibility index (Phi) is 4.77. The van der Waals surface area contributed by atoms with Gasteiger partial charge in [0.15, 0.2) is 5.69 Å². The van der Waals surface area contributed by atoms with Gasteiger partial charge in [0.2, 0.25) is 0 Å². The highest BCUT2D eigenvalue weighted by Crippen LogP contribution is 2.42. The topological polar surface area (TPSA) is 57.3 Å². The van der Waals surface area contributed by atoms with Crippen LogP contribution in [0.25, 0.3) is 27.7 Å². The summed E-state index contributed by atoms with van der Waals surface area (Å²) in [6, 6.07) is 20.9. The van der Waals surface area contributed by atoms with Crippen LogP contribution < -0.4 is 4.74 Å². The van der Waals surface area contributed by atoms with E-state index in [9.17, 15) is 18.0 Å². The summed E-state index contributed by atoms with van der Waals surface area (Å²) in [4.78, 5) is 12.7. The molecule has 5 nitrogen and oxygen atoms in total. The number of carbonyl (C=O) groups excluding carboxylic acids is 1. The molecule has 1 aliphatic carbocycles. The van der Waals surface area contributed by atoms with Crippen molar-refractivity contribution in [3.63, 3.8) is 0 Å². The Hall–Kier alpha value is -4.33. The van der Waals surface area contributed by atoms with Crippen LogP contribution in [0.5, 0.6) is 5.75 Å². The van der Waals surface area contributed by atoms with Crippen LogP contribution in [0.1, 0.15) is 27.4 Å². The molecule has 3 aromatic carbocycles. The number of esters is 1. The monoisotopic (exact) mass is 474 g/mol. The lowest BCUT2D eigenvalue weighted by molar-refractivity contribution is -0.142. The maximum absolute atomic E-state index is 13.7. The van der Waals surface area contributed by atoms with Gasteiger partial charge in [-0.3, -0.25) is 0 Å². The quantitative estimate of drug-likeness (QED) is 0.218. The molecule has 5 aromatic rings. The minimum absolute atomic E-state index is 0.145. The molecule has 2 heterocycles. The van der Waals surface area contributed by atoms with Crippen molar-refractivity contribution in [2.45, 2.75) is 19.0 Å². The normalized spacial score (nSPS) is 12.9. The van der Waals surface area contributed by atoms with Crippen molar-refractivity contribution < 1.29 is 27.1 Å². The summed E-state index contributed by atoms with van der Waals surface area (Å²) >= 11 is 0. The van der Waals surface area contributed by atoms with E-state index < -0.39 is 17.8 Å². The predicted molar refractivity (Wildman–Crippen MR) is 123 cm³/mol. The molecule has 0 radical (unpaired) electrons. The van der Waals surface area contributed by atoms with Gasteiger partial charge in [-0.2, -0.15) is 18.3 Å². The molecule has 0 atom stereocenters. The molecule has 0 saturated carbocycles. The fourth-order valence-electron chi connectivity index (χ4n) is 4.50. The molecule has 0 bridgehead atoms. The van der Waals surface area contributed by atoms with E-state index in [1.807, 2.05) is 30.3 Å². The number of halogens is 3. The highest BCUT2D eigenvalue weighted by Gasteiger charge is 2.41. The molecular weight excluding hydrogens is 457 g/mol. The maximum Gasteiger partial charge on any atom is 0.435 e. The zero-order valence-corrected chi connectivity index (χ0v) is 18.2. The number of rotatable bonds is 3. The Balaban J connectivity index is 1.33. The summed E-state index contributed by atoms with van der Waals surface area (Å²) in [5.41, 5.74) is 0.856. The van der Waals surface area contributed by atoms with Gasteiger partial charge >= 0.3 is 12.1 Å². The number of nitrogens with zero attached hydrogens (tertiary/aromatic N) is 2. The first-order valence-corrected chi connectivity index (χ1v) is 11.0. The van der Waals surface area contributed by atoms with Crippen molar-refractivity contribution in [1.82, 2.24) is 9.78 Å². The van der Waals surface area contributed by atoms with Gasteiger partial charge in [0.05, 0.1) is 23.2 Å². The van der Waals surface area contributed by atoms with Crippen molar-refractivity contribution >= 4 is 16.7 Å². The molecule has 6 rings (SSSR count). The van der Waals surface area contributed by atoms with E-state index in [0.717, 1.165) is 10.8 Å². The summed E-state index contributed by atoms with van der Waals surface area (Å²) in [5, 5.41) is 5.88. The average molecular weight is 474 g/mol. The van der Waals surface area contributed by atoms with Crippen LogP contribution >= 0.6 is 0 Å². The van der Waals surface area contributed by atoms with Gasteiger partial charge in [-0.15, -0.1) is 0 Å². The smallest absolute Gasteiger partial charge is 0.435 e. The van der Waals surface area contributed by atoms with Crippen molar-refractivity contribution in [3.8, 4) is 22.7 Å². The zero-order chi connectivity index (χ0) is 24.2. The van der Waals surface area contributed by atoms with Gasteiger partial charge < -0.3 is 9.15 Å². The number of hydrogen-bond acceptors (Lipinski definition) is 4. The third kappa shape index (κ3) is 3.67. The van der Waals surface area contributed by atoms with Gasteiger partial charge in [0.1, 0.15) is 11.5 Å². The van der Waals surface area contributed by atoms with E-state index in [1.54, 1.807) is 30.3 Å². The average Bonchev–Trinajstić information content (AvgIpc) is 3.48. The molecule has 174 valence electrons. The molecule has 0 saturated heterocycles. The van der Waals surface area contributed by atoms with Crippen molar-refractivity contribution in [2.75, 3.05) is 0 Å². The van der Waals surface area contributed by atoms with E-state index in [1.165, 1.54) is 23.1 Å². The van der Waals surface area contributed by atoms with E-state index in [4.69, 9.17) is 9.15 Å². The predicted octanol–water partition coefficient (Wildman–Crippen LogP) is 6.62. The number of fused-ring (bicyclic) bond motifs is 4. The molecule has 0 unspecified atom stereocenters. The molecule has 2 aromatic heterocycles. The Bertz CT molecular complexity index is 1580. The van der Waals surface area contributed by atoms with Gasteiger partial charge in [-0.25, -0.2) is 9.48 Å². The molecule has 35 heavy (non-hydrogen) atoms. The summed E-state index contributed by atoms with van der Waals surface area (Å²) in [5.74, 6) is 0.464. The van der Waals surface area contributed by atoms with Gasteiger partial charge in [0.25, 0.3) is 0 Å². The van der Waals surface area contributed by atoms with Crippen molar-refractivity contribution in [1.29, 1.82) is 0 Å². The molecule has 0 aliphatic heterocycles. The first-order valence-electron chi connectivity index (χ1n) is 11.0. The fourth-order valence-corrected chi connectivity index (χ4v) is 4.50. The second kappa shape index (κ2) is 7.87. The highest BCUT2D eigenvalue weighted by molar-refractivity contribution is 5.92. The van der Waals surface area contributed by atoms with Crippen LogP contribution in [0.2, 0.25) is 0 Å². The second-order valence-electron chi connectivity index (χ2n) is 8.29. The largest absolute Gasteiger partial charge is 0.469 e. The lowest BCUT2D eigenvalue weighted by Crippen LogP contribution is -2.11. The molecule has 1 aliphatic rings. The van der Waals surface area contributed by atoms with Crippen LogP contribution in [0, 0.1) is 0 Å². The highest BCUT2D eigenvalue weighted by atomic mass is 19.4. The number of aryl methyl sites for hydroxylation is 1. The maximum atomic E-state index is 13.7. The molecule has 0 N–H and O–H groups in total. The Morgan fingerprint density at radius 2 is 1.71 bits per heavy atom. The zero-order valence-electron chi connectivity index (χ0n) is 18.2. The molecule has 8 heteroatoms. The van der Waals surface area contributed by atoms with Gasteiger partial charge in [0, 0.05) is 17.5 Å². The van der Waals surface area contributed by atoms with Crippen molar-refractivity contribution in [3.05, 3.63) is 102 Å². The van der Waals surface area contributed by atoms with Crippen LogP contribution in [0.3, 0.4) is 0 Å². The molecule has 0 spiro atoms. The lowest BCUT2D eigenvalue weighted by Gasteiger charge is -2.15. The van der Waals surface area contributed by atoms with Crippen molar-refractivity contribution in [2.24, 2.45) is 0 Å². The number of carbonyl (C=O) groups is 1.